The summed E-state index contributed by atoms with van der Waals surface area (Å²) in [5, 5.41) is 2.26. The summed E-state index contributed by atoms with van der Waals surface area (Å²) in [7, 11) is -1.22. The normalized spacial score (nSPS) is 11.3. The van der Waals surface area contributed by atoms with E-state index in [4.69, 9.17) is 8.39 Å². The fraction of sp³-hybridized carbons (Fsp3) is 0.200. The van der Waals surface area contributed by atoms with Crippen LogP contribution in [0.1, 0.15) is 33.4 Å². The fourth-order valence-electron chi connectivity index (χ4n) is 4.77. The van der Waals surface area contributed by atoms with Gasteiger partial charge >= 0.3 is 0 Å². The van der Waals surface area contributed by atoms with Gasteiger partial charge in [-0.15, -0.1) is 0 Å². The van der Waals surface area contributed by atoms with E-state index in [-0.39, 0.29) is 0 Å². The van der Waals surface area contributed by atoms with E-state index in [1.807, 2.05) is 0 Å². The predicted octanol–water partition coefficient (Wildman–Crippen LogP) is 9.55. The van der Waals surface area contributed by atoms with Crippen molar-refractivity contribution < 1.29 is 8.39 Å². The minimum Gasteiger partial charge on any atom is -0.419 e. The second-order valence-corrected chi connectivity index (χ2v) is 10.4. The molecule has 166 valence electrons. The van der Waals surface area contributed by atoms with E-state index in [9.17, 15) is 0 Å². The average Bonchev–Trinajstić information content (AvgIpc) is 2.92. The summed E-state index contributed by atoms with van der Waals surface area (Å²) in [5.74, 6) is 0. The maximum absolute atomic E-state index is 6.69. The molecule has 2 nitrogen and oxygen atoms in total. The van der Waals surface area contributed by atoms with E-state index in [0.717, 1.165) is 39.2 Å². The zero-order valence-corrected chi connectivity index (χ0v) is 20.8. The molecule has 0 atom stereocenters. The molecule has 0 aliphatic heterocycles. The summed E-state index contributed by atoms with van der Waals surface area (Å²) in [4.78, 5) is 0. The topological polar surface area (TPSA) is 26.3 Å². The van der Waals surface area contributed by atoms with Crippen molar-refractivity contribution in [1.29, 1.82) is 0 Å². The second kappa shape index (κ2) is 8.61. The summed E-state index contributed by atoms with van der Waals surface area (Å²) in [5.41, 5.74) is 11.7. The molecule has 5 rings (SSSR count). The van der Waals surface area contributed by atoms with Crippen LogP contribution in [0.25, 0.3) is 33.1 Å². The van der Waals surface area contributed by atoms with E-state index in [2.05, 4.69) is 107 Å². The highest BCUT2D eigenvalue weighted by Crippen LogP contribution is 2.42. The smallest absolute Gasteiger partial charge is 0.221 e. The molecule has 0 bridgehead atoms. The van der Waals surface area contributed by atoms with Crippen molar-refractivity contribution in [1.82, 2.24) is 0 Å². The molecular formula is C30H29O2P. The van der Waals surface area contributed by atoms with Crippen LogP contribution in [-0.4, -0.2) is 0 Å². The lowest BCUT2D eigenvalue weighted by Crippen LogP contribution is -1.89. The van der Waals surface area contributed by atoms with Gasteiger partial charge in [0.15, 0.2) is 0 Å². The number of fused-ring (bicyclic) bond motifs is 3. The van der Waals surface area contributed by atoms with E-state index in [1.165, 1.54) is 33.4 Å². The van der Waals surface area contributed by atoms with Gasteiger partial charge in [-0.25, -0.2) is 0 Å². The molecule has 3 heteroatoms. The van der Waals surface area contributed by atoms with Crippen molar-refractivity contribution in [2.24, 2.45) is 0 Å². The van der Waals surface area contributed by atoms with Crippen molar-refractivity contribution in [3.05, 3.63) is 106 Å². The Hall–Kier alpha value is -3.22. The zero-order chi connectivity index (χ0) is 23.1. The molecule has 0 aliphatic carbocycles. The van der Waals surface area contributed by atoms with Crippen LogP contribution in [-0.2, 0) is 6.16 Å². The fourth-order valence-corrected chi connectivity index (χ4v) is 6.39. The molecular weight excluding hydrogens is 423 g/mol. The Morgan fingerprint density at radius 1 is 0.576 bits per heavy atom. The monoisotopic (exact) mass is 452 g/mol. The van der Waals surface area contributed by atoms with Gasteiger partial charge in [0.1, 0.15) is 11.2 Å². The van der Waals surface area contributed by atoms with Gasteiger partial charge in [-0.05, 0) is 91.3 Å². The minimum absolute atomic E-state index is 0.722. The lowest BCUT2D eigenvalue weighted by molar-refractivity contribution is 0.635. The quantitative estimate of drug-likeness (QED) is 0.272. The van der Waals surface area contributed by atoms with E-state index in [0.29, 0.717) is 0 Å². The van der Waals surface area contributed by atoms with Crippen molar-refractivity contribution in [2.75, 3.05) is 0 Å². The molecule has 0 fully saturated rings. The molecule has 0 aliphatic rings. The molecule has 0 saturated carbocycles. The first-order valence-electron chi connectivity index (χ1n) is 11.4. The lowest BCUT2D eigenvalue weighted by Gasteiger charge is -2.11. The van der Waals surface area contributed by atoms with Crippen molar-refractivity contribution in [3.63, 3.8) is 0 Å². The third-order valence-electron chi connectivity index (χ3n) is 6.27. The standard InChI is InChI=1S/C30H29O2P/c1-19-14-22(4)29-27(16-19)28-17-20(2)15-23(5)30(28)32-33(31-29)18-24-11-7-9-13-26(24)25-12-8-6-10-21(25)3/h6-17H,18H2,1-5H3. The summed E-state index contributed by atoms with van der Waals surface area (Å²) in [6.07, 6.45) is 0.722. The number of benzene rings is 4. The van der Waals surface area contributed by atoms with Crippen LogP contribution >= 0.6 is 8.01 Å². The summed E-state index contributed by atoms with van der Waals surface area (Å²) in [6.45, 7) is 10.7. The Labute approximate surface area is 196 Å². The van der Waals surface area contributed by atoms with Gasteiger partial charge in [-0.1, -0.05) is 60.7 Å². The molecule has 0 radical (unpaired) electrons. The second-order valence-electron chi connectivity index (χ2n) is 9.06. The van der Waals surface area contributed by atoms with Crippen LogP contribution in [0, 0.1) is 34.6 Å². The van der Waals surface area contributed by atoms with E-state index < -0.39 is 8.01 Å². The Morgan fingerprint density at radius 3 is 1.67 bits per heavy atom. The van der Waals surface area contributed by atoms with Crippen LogP contribution in [0.5, 0.6) is 0 Å². The Bertz CT molecular complexity index is 1470. The molecule has 4 aromatic carbocycles. The molecule has 0 unspecified atom stereocenters. The molecule has 0 amide bonds. The predicted molar refractivity (Wildman–Crippen MR) is 141 cm³/mol. The first-order chi connectivity index (χ1) is 15.9. The molecule has 0 N–H and O–H groups in total. The number of hydrogen-bond acceptors (Lipinski definition) is 2. The average molecular weight is 453 g/mol. The third kappa shape index (κ3) is 4.12. The SMILES string of the molecule is Cc1cc(C)c2op(Cc3ccccc3-c3ccccc3C)oc3c(C)cc(C)cc3c2c1. The van der Waals surface area contributed by atoms with Crippen molar-refractivity contribution in [2.45, 2.75) is 40.8 Å². The van der Waals surface area contributed by atoms with Crippen LogP contribution in [0.15, 0.2) is 81.2 Å². The maximum Gasteiger partial charge on any atom is 0.221 e. The largest absolute Gasteiger partial charge is 0.419 e. The summed E-state index contributed by atoms with van der Waals surface area (Å²) < 4.78 is 13.4. The lowest BCUT2D eigenvalue weighted by atomic mass is 9.97. The van der Waals surface area contributed by atoms with Crippen molar-refractivity contribution in [3.8, 4) is 11.1 Å². The third-order valence-corrected chi connectivity index (χ3v) is 7.64. The summed E-state index contributed by atoms with van der Waals surface area (Å²) in [6, 6.07) is 26.0. The van der Waals surface area contributed by atoms with Crippen LogP contribution < -0.4 is 0 Å². The van der Waals surface area contributed by atoms with Gasteiger partial charge in [-0.3, -0.25) is 0 Å². The highest BCUT2D eigenvalue weighted by molar-refractivity contribution is 7.36. The maximum atomic E-state index is 6.69. The van der Waals surface area contributed by atoms with E-state index >= 15 is 0 Å². The first kappa shape index (κ1) is 21.6. The minimum atomic E-state index is -1.22. The number of hydrogen-bond donors (Lipinski definition) is 0. The molecule has 0 saturated heterocycles. The van der Waals surface area contributed by atoms with Gasteiger partial charge in [0, 0.05) is 10.8 Å². The van der Waals surface area contributed by atoms with E-state index in [1.54, 1.807) is 0 Å². The Kier molecular flexibility index (Phi) is 5.64. The highest BCUT2D eigenvalue weighted by Gasteiger charge is 2.14. The first-order valence-corrected chi connectivity index (χ1v) is 12.8. The van der Waals surface area contributed by atoms with Crippen LogP contribution in [0.2, 0.25) is 0 Å². The number of aryl methyl sites for hydroxylation is 5. The summed E-state index contributed by atoms with van der Waals surface area (Å²) >= 11 is 0. The van der Waals surface area contributed by atoms with Gasteiger partial charge in [0.2, 0.25) is 8.01 Å². The van der Waals surface area contributed by atoms with Crippen LogP contribution in [0.4, 0.5) is 0 Å². The van der Waals surface area contributed by atoms with Gasteiger partial charge in [0.25, 0.3) is 0 Å². The van der Waals surface area contributed by atoms with Gasteiger partial charge in [0.05, 0.1) is 6.16 Å². The van der Waals surface area contributed by atoms with Crippen LogP contribution in [0.3, 0.4) is 0 Å². The highest BCUT2D eigenvalue weighted by atomic mass is 31.1. The molecule has 5 aromatic rings. The zero-order valence-electron chi connectivity index (χ0n) is 19.9. The molecule has 33 heavy (non-hydrogen) atoms. The molecule has 1 heterocycles. The molecule has 0 spiro atoms. The number of rotatable bonds is 3. The molecule has 1 aromatic heterocycles. The Balaban J connectivity index is 1.78. The van der Waals surface area contributed by atoms with Crippen molar-refractivity contribution >= 4 is 30.0 Å². The van der Waals surface area contributed by atoms with Gasteiger partial charge in [-0.2, -0.15) is 0 Å². The Morgan fingerprint density at radius 2 is 1.09 bits per heavy atom. The van der Waals surface area contributed by atoms with Gasteiger partial charge < -0.3 is 8.39 Å².